The number of rotatable bonds is 45. The molecule has 4 atom stereocenters. The molecule has 0 radical (unpaired) electrons. The van der Waals surface area contributed by atoms with Crippen LogP contribution in [0.2, 0.25) is 0 Å². The molecule has 0 saturated heterocycles. The number of carbonyl (C=O) groups excluding carboxylic acids is 3. The third kappa shape index (κ3) is 56.7. The first-order valence-corrected chi connectivity index (χ1v) is 30.9. The van der Waals surface area contributed by atoms with Crippen molar-refractivity contribution in [2.75, 3.05) is 84.6 Å². The summed E-state index contributed by atoms with van der Waals surface area (Å²) in [5, 5.41) is 9.19. The van der Waals surface area contributed by atoms with Crippen molar-refractivity contribution in [1.29, 1.82) is 0 Å². The molecule has 0 spiro atoms. The molecule has 76 heavy (non-hydrogen) atoms. The molecule has 0 aliphatic carbocycles. The van der Waals surface area contributed by atoms with Gasteiger partial charge in [0.2, 0.25) is 0 Å². The minimum Gasteiger partial charge on any atom is -0.748 e. The summed E-state index contributed by atoms with van der Waals surface area (Å²) in [5.74, 6) is -2.46. The Morgan fingerprint density at radius 1 is 0.632 bits per heavy atom. The van der Waals surface area contributed by atoms with Gasteiger partial charge in [0.1, 0.15) is 22.5 Å². The monoisotopic (exact) mass is 1190 g/mol. The number of hydrogen-bond donors (Lipinski definition) is 0. The number of carbonyl (C=O) groups is 3. The number of benzene rings is 1. The van der Waals surface area contributed by atoms with Gasteiger partial charge in [-0.15, -0.1) is 0 Å². The molecule has 0 amide bonds. The number of unbranched alkanes of at least 4 members (excludes halogenated alkanes) is 9. The summed E-state index contributed by atoms with van der Waals surface area (Å²) >= 11 is -1.48. The number of hydrogen-bond acceptors (Lipinski definition) is 19. The van der Waals surface area contributed by atoms with Crippen LogP contribution >= 0.6 is 0 Å². The minimum absolute atomic E-state index is 0. The third-order valence-corrected chi connectivity index (χ3v) is 13.4. The van der Waals surface area contributed by atoms with E-state index in [1.165, 1.54) is 56.8 Å². The number of hydroxylamine groups is 2. The van der Waals surface area contributed by atoms with Crippen LogP contribution in [-0.4, -0.2) is 143 Å². The molecule has 0 N–H and O–H groups in total. The van der Waals surface area contributed by atoms with E-state index >= 15 is 0 Å². The summed E-state index contributed by atoms with van der Waals surface area (Å²) in [6, 6.07) is 8.35. The van der Waals surface area contributed by atoms with Crippen LogP contribution in [-0.2, 0) is 80.1 Å². The fraction of sp³-hybridized carbons (Fsp3) is 0.824. The van der Waals surface area contributed by atoms with Gasteiger partial charge in [-0.3, -0.25) is 9.59 Å². The Kier molecular flexibility index (Phi) is 65.0. The first kappa shape index (κ1) is 85.6. The molecule has 0 bridgehead atoms. The molecule has 1 aromatic rings. The molecule has 0 aliphatic rings. The zero-order valence-corrected chi connectivity index (χ0v) is 57.8. The maximum absolute atomic E-state index is 12.1. The van der Waals surface area contributed by atoms with E-state index in [9.17, 15) is 49.6 Å². The van der Waals surface area contributed by atoms with Gasteiger partial charge in [-0.1, -0.05) is 131 Å². The first-order valence-electron chi connectivity index (χ1n) is 26.4. The zero-order chi connectivity index (χ0) is 55.2. The van der Waals surface area contributed by atoms with Crippen molar-refractivity contribution in [2.45, 2.75) is 175 Å². The Morgan fingerprint density at radius 3 is 1.58 bits per heavy atom. The molecule has 1 rings (SSSR count). The van der Waals surface area contributed by atoms with Crippen molar-refractivity contribution in [3.05, 3.63) is 29.8 Å². The molecule has 0 aliphatic heterocycles. The number of carboxylic acid groups (broad SMARTS) is 1. The zero-order valence-electron chi connectivity index (χ0n) is 48.2. The van der Waals surface area contributed by atoms with E-state index in [1.54, 1.807) is 0 Å². The molecule has 0 heterocycles. The predicted octanol–water partition coefficient (Wildman–Crippen LogP) is -1.77. The normalized spacial score (nSPS) is 12.7. The van der Waals surface area contributed by atoms with Crippen LogP contribution in [0.15, 0.2) is 24.3 Å². The smallest absolute Gasteiger partial charge is 0.748 e. The van der Waals surface area contributed by atoms with E-state index in [4.69, 9.17) is 28.4 Å². The van der Waals surface area contributed by atoms with Crippen LogP contribution in [0, 0.1) is 11.8 Å². The first-order chi connectivity index (χ1) is 34.8. The number of ether oxygens (including phenoxy) is 6. The average Bonchev–Trinajstić information content (AvgIpc) is 3.33. The Balaban J connectivity index is -0.000000355. The van der Waals surface area contributed by atoms with Crippen LogP contribution in [0.5, 0.6) is 5.75 Å². The van der Waals surface area contributed by atoms with Gasteiger partial charge in [-0.05, 0) is 74.5 Å². The van der Waals surface area contributed by atoms with Crippen molar-refractivity contribution in [3.8, 4) is 5.75 Å². The van der Waals surface area contributed by atoms with Gasteiger partial charge in [0.15, 0.2) is 16.3 Å². The van der Waals surface area contributed by atoms with Crippen molar-refractivity contribution < 1.29 is 193 Å². The summed E-state index contributed by atoms with van der Waals surface area (Å²) in [6.07, 6.45) is 20.0. The maximum atomic E-state index is 12.1. The summed E-state index contributed by atoms with van der Waals surface area (Å²) in [4.78, 5) is 34.3. The van der Waals surface area contributed by atoms with E-state index in [0.29, 0.717) is 65.6 Å². The van der Waals surface area contributed by atoms with Gasteiger partial charge in [-0.25, -0.2) is 21.0 Å². The number of esters is 2. The molecular formula is C51H92KNNa2O18S3. The molecule has 0 aromatic heterocycles. The summed E-state index contributed by atoms with van der Waals surface area (Å²) in [6.45, 7) is 15.7. The minimum atomic E-state index is -5.01. The van der Waals surface area contributed by atoms with Crippen LogP contribution in [0.4, 0.5) is 0 Å². The molecule has 430 valence electrons. The molecule has 1 aromatic carbocycles. The molecule has 25 heteroatoms. The number of aliphatic carboxylic acids is 1. The summed E-state index contributed by atoms with van der Waals surface area (Å²) < 4.78 is 113. The van der Waals surface area contributed by atoms with Gasteiger partial charge in [0.25, 0.3) is 0 Å². The van der Waals surface area contributed by atoms with Crippen LogP contribution in [0.3, 0.4) is 0 Å². The molecule has 4 unspecified atom stereocenters. The average molecular weight is 1190 g/mol. The summed E-state index contributed by atoms with van der Waals surface area (Å²) in [5.41, 5.74) is 1.36. The van der Waals surface area contributed by atoms with Gasteiger partial charge < -0.3 is 47.4 Å². The second-order valence-electron chi connectivity index (χ2n) is 17.7. The van der Waals surface area contributed by atoms with Crippen molar-refractivity contribution in [3.63, 3.8) is 0 Å². The number of carboxylic acids is 1. The second kappa shape index (κ2) is 57.6. The Bertz CT molecular complexity index is 1760. The number of aryl methyl sites for hydroxylation is 1. The van der Waals surface area contributed by atoms with E-state index in [2.05, 4.69) is 37.2 Å². The maximum Gasteiger partial charge on any atom is 1.00 e. The largest absolute Gasteiger partial charge is 1.00 e. The van der Waals surface area contributed by atoms with Crippen LogP contribution in [0.25, 0.3) is 0 Å². The van der Waals surface area contributed by atoms with E-state index in [0.717, 1.165) is 75.0 Å². The van der Waals surface area contributed by atoms with Gasteiger partial charge in [0.05, 0.1) is 75.3 Å². The second-order valence-corrected chi connectivity index (χ2v) is 21.7. The molecule has 19 nitrogen and oxygen atoms in total. The van der Waals surface area contributed by atoms with Crippen LogP contribution < -0.4 is 120 Å². The Hall–Kier alpha value is 0.836. The quantitative estimate of drug-likeness (QED) is 0.0230. The SMILES string of the molecule is CCCCC(CC)COC(=O)CC(C(=O)OCC(CC)CCCC)S(=O)(=O)[O-].CCCCCCCCCc1ccc(OCCOCCOCCOCCCCS(=O)(=O)[O-])cc1.CCCN(CC(=O)[O-])OS(C)=O.[K+].[Na+].[Na+]. The molecular weight excluding hydrogens is 1100 g/mol. The fourth-order valence-corrected chi connectivity index (χ4v) is 8.41. The van der Waals surface area contributed by atoms with E-state index in [1.807, 2.05) is 32.9 Å². The van der Waals surface area contributed by atoms with E-state index in [-0.39, 0.29) is 148 Å². The van der Waals surface area contributed by atoms with Gasteiger partial charge in [0, 0.05) is 25.2 Å². The van der Waals surface area contributed by atoms with E-state index < -0.39 is 60.9 Å². The number of nitrogens with zero attached hydrogens (tertiary/aromatic N) is 1. The standard InChI is InChI=1S/C25H44O7S.C20H38O7S.C6H13NO4S.K.2Na/c1-2-3-4-5-6-7-8-11-24-12-14-25(15-13-24)32-22-21-31-20-19-30-18-17-29-16-9-10-23-33(26,27)28;1-5-9-11-16(7-3)14-26-19(21)13-18(28(23,24)25)20(22)27-15-17(8-4)12-10-6-2;1-3-4-7(5-6(8)9)11-12(2)10;;;/h12-15H,2-11,16-23H2,1H3,(H,26,27,28);16-18H,5-15H2,1-4H3,(H,23,24,25);3-5H2,1-2H3,(H,8,9);;;/q;;;3*+1/p-3. The Morgan fingerprint density at radius 2 is 1.12 bits per heavy atom. The fourth-order valence-electron chi connectivity index (χ4n) is 6.78. The predicted molar refractivity (Wildman–Crippen MR) is 279 cm³/mol. The van der Waals surface area contributed by atoms with Crippen molar-refractivity contribution in [2.24, 2.45) is 11.8 Å². The summed E-state index contributed by atoms with van der Waals surface area (Å²) in [7, 11) is -9.13. The van der Waals surface area contributed by atoms with Crippen molar-refractivity contribution >= 4 is 49.2 Å². The van der Waals surface area contributed by atoms with Crippen LogP contribution in [0.1, 0.15) is 169 Å². The third-order valence-electron chi connectivity index (χ3n) is 11.1. The van der Waals surface area contributed by atoms with Crippen molar-refractivity contribution in [1.82, 2.24) is 5.06 Å². The molecule has 0 fully saturated rings. The van der Waals surface area contributed by atoms with Gasteiger partial charge >= 0.3 is 122 Å². The van der Waals surface area contributed by atoms with Gasteiger partial charge in [-0.2, -0.15) is 9.35 Å². The topological polar surface area (TPSA) is 274 Å². The molecule has 0 saturated carbocycles. The Labute approximate surface area is 547 Å².